The highest BCUT2D eigenvalue weighted by molar-refractivity contribution is 5.17. The molecule has 3 aliphatic rings. The SMILES string of the molecule is C1=C[C@H]2C[C@@H]1C[C@H]2c1nc(CCCN2CCCC2)no1. The highest BCUT2D eigenvalue weighted by atomic mass is 16.5. The van der Waals surface area contributed by atoms with Crippen molar-refractivity contribution in [2.24, 2.45) is 11.8 Å². The Hall–Kier alpha value is -1.16. The first-order valence-electron chi connectivity index (χ1n) is 8.11. The van der Waals surface area contributed by atoms with Crippen LogP contribution in [0.4, 0.5) is 0 Å². The van der Waals surface area contributed by atoms with Crippen LogP contribution in [0.25, 0.3) is 0 Å². The fourth-order valence-electron chi connectivity index (χ4n) is 4.05. The van der Waals surface area contributed by atoms with Gasteiger partial charge in [-0.3, -0.25) is 0 Å². The molecule has 0 unspecified atom stereocenters. The van der Waals surface area contributed by atoms with Gasteiger partial charge in [0.15, 0.2) is 5.82 Å². The van der Waals surface area contributed by atoms with Crippen molar-refractivity contribution in [1.29, 1.82) is 0 Å². The minimum Gasteiger partial charge on any atom is -0.339 e. The predicted molar refractivity (Wildman–Crippen MR) is 76.4 cm³/mol. The first-order valence-corrected chi connectivity index (χ1v) is 8.11. The third-order valence-corrected chi connectivity index (χ3v) is 5.15. The summed E-state index contributed by atoms with van der Waals surface area (Å²) in [6.07, 6.45) is 12.0. The van der Waals surface area contributed by atoms with E-state index in [1.807, 2.05) is 0 Å². The van der Waals surface area contributed by atoms with E-state index in [4.69, 9.17) is 4.52 Å². The van der Waals surface area contributed by atoms with Gasteiger partial charge in [0.1, 0.15) is 0 Å². The van der Waals surface area contributed by atoms with Crippen LogP contribution >= 0.6 is 0 Å². The van der Waals surface area contributed by atoms with Crippen LogP contribution in [0.1, 0.15) is 49.7 Å². The van der Waals surface area contributed by atoms with E-state index in [1.165, 1.54) is 45.3 Å². The summed E-state index contributed by atoms with van der Waals surface area (Å²) in [4.78, 5) is 7.19. The average molecular weight is 273 g/mol. The highest BCUT2D eigenvalue weighted by Crippen LogP contribution is 2.48. The molecule has 2 fully saturated rings. The number of hydrogen-bond acceptors (Lipinski definition) is 4. The van der Waals surface area contributed by atoms with Crippen LogP contribution < -0.4 is 0 Å². The van der Waals surface area contributed by atoms with Crippen molar-refractivity contribution in [3.05, 3.63) is 23.9 Å². The lowest BCUT2D eigenvalue weighted by Crippen LogP contribution is -2.20. The summed E-state index contributed by atoms with van der Waals surface area (Å²) >= 11 is 0. The van der Waals surface area contributed by atoms with Gasteiger partial charge in [-0.1, -0.05) is 17.3 Å². The van der Waals surface area contributed by atoms with Gasteiger partial charge in [0.2, 0.25) is 5.89 Å². The zero-order valence-electron chi connectivity index (χ0n) is 12.0. The van der Waals surface area contributed by atoms with E-state index in [1.54, 1.807) is 0 Å². The van der Waals surface area contributed by atoms with Gasteiger partial charge in [-0.2, -0.15) is 4.98 Å². The molecule has 0 radical (unpaired) electrons. The third kappa shape index (κ3) is 2.41. The number of fused-ring (bicyclic) bond motifs is 2. The molecule has 1 aliphatic heterocycles. The lowest BCUT2D eigenvalue weighted by Gasteiger charge is -2.13. The van der Waals surface area contributed by atoms with Crippen molar-refractivity contribution >= 4 is 0 Å². The molecule has 2 aliphatic carbocycles. The van der Waals surface area contributed by atoms with Gasteiger partial charge in [-0.05, 0) is 63.6 Å². The molecule has 4 heteroatoms. The summed E-state index contributed by atoms with van der Waals surface area (Å²) in [6, 6.07) is 0. The summed E-state index contributed by atoms with van der Waals surface area (Å²) in [6.45, 7) is 3.73. The third-order valence-electron chi connectivity index (χ3n) is 5.15. The summed E-state index contributed by atoms with van der Waals surface area (Å²) in [5.74, 6) is 3.70. The first-order chi connectivity index (χ1) is 9.88. The minimum atomic E-state index is 0.491. The van der Waals surface area contributed by atoms with Crippen molar-refractivity contribution in [1.82, 2.24) is 15.0 Å². The molecule has 1 saturated carbocycles. The predicted octanol–water partition coefficient (Wildman–Crippen LogP) is 2.78. The van der Waals surface area contributed by atoms with Crippen molar-refractivity contribution in [3.63, 3.8) is 0 Å². The molecule has 4 nitrogen and oxygen atoms in total. The maximum absolute atomic E-state index is 5.52. The quantitative estimate of drug-likeness (QED) is 0.774. The highest BCUT2D eigenvalue weighted by Gasteiger charge is 2.39. The van der Waals surface area contributed by atoms with E-state index in [0.29, 0.717) is 11.8 Å². The van der Waals surface area contributed by atoms with E-state index in [9.17, 15) is 0 Å². The molecular formula is C16H23N3O. The Balaban J connectivity index is 1.30. The summed E-state index contributed by atoms with van der Waals surface area (Å²) in [5, 5.41) is 4.18. The Bertz CT molecular complexity index is 490. The molecule has 0 spiro atoms. The van der Waals surface area contributed by atoms with E-state index >= 15 is 0 Å². The molecule has 2 heterocycles. The molecule has 0 amide bonds. The lowest BCUT2D eigenvalue weighted by molar-refractivity contribution is 0.325. The normalized spacial score (nSPS) is 32.5. The van der Waals surface area contributed by atoms with Crippen LogP contribution in [-0.4, -0.2) is 34.7 Å². The monoisotopic (exact) mass is 273 g/mol. The van der Waals surface area contributed by atoms with E-state index in [-0.39, 0.29) is 0 Å². The van der Waals surface area contributed by atoms with Gasteiger partial charge < -0.3 is 9.42 Å². The van der Waals surface area contributed by atoms with E-state index in [0.717, 1.165) is 30.5 Å². The van der Waals surface area contributed by atoms with Crippen molar-refractivity contribution in [3.8, 4) is 0 Å². The number of nitrogens with zero attached hydrogens (tertiary/aromatic N) is 3. The van der Waals surface area contributed by atoms with Gasteiger partial charge in [0, 0.05) is 12.3 Å². The Morgan fingerprint density at radius 3 is 2.85 bits per heavy atom. The van der Waals surface area contributed by atoms with Gasteiger partial charge >= 0.3 is 0 Å². The summed E-state index contributed by atoms with van der Waals surface area (Å²) in [5.41, 5.74) is 0. The minimum absolute atomic E-state index is 0.491. The molecular weight excluding hydrogens is 250 g/mol. The molecule has 1 aromatic rings. The number of likely N-dealkylation sites (tertiary alicyclic amines) is 1. The average Bonchev–Trinajstić information content (AvgIpc) is 3.24. The van der Waals surface area contributed by atoms with Crippen molar-refractivity contribution in [2.45, 2.75) is 44.4 Å². The van der Waals surface area contributed by atoms with Crippen molar-refractivity contribution < 1.29 is 4.52 Å². The number of aromatic nitrogens is 2. The van der Waals surface area contributed by atoms with Gasteiger partial charge in [-0.15, -0.1) is 0 Å². The lowest BCUT2D eigenvalue weighted by atomic mass is 9.94. The molecule has 0 N–H and O–H groups in total. The fourth-order valence-corrected chi connectivity index (χ4v) is 4.05. The van der Waals surface area contributed by atoms with Gasteiger partial charge in [0.05, 0.1) is 0 Å². The fraction of sp³-hybridized carbons (Fsp3) is 0.750. The maximum atomic E-state index is 5.52. The van der Waals surface area contributed by atoms with Crippen LogP contribution in [0, 0.1) is 11.8 Å². The molecule has 20 heavy (non-hydrogen) atoms. The number of hydrogen-bond donors (Lipinski definition) is 0. The second-order valence-corrected chi connectivity index (χ2v) is 6.59. The topological polar surface area (TPSA) is 42.2 Å². The van der Waals surface area contributed by atoms with E-state index in [2.05, 4.69) is 27.2 Å². The van der Waals surface area contributed by atoms with E-state index < -0.39 is 0 Å². The molecule has 108 valence electrons. The van der Waals surface area contributed by atoms with Crippen molar-refractivity contribution in [2.75, 3.05) is 19.6 Å². The number of aryl methyl sites for hydroxylation is 1. The molecule has 1 aromatic heterocycles. The molecule has 1 saturated heterocycles. The second-order valence-electron chi connectivity index (χ2n) is 6.59. The van der Waals surface area contributed by atoms with Crippen LogP contribution in [0.15, 0.2) is 16.7 Å². The zero-order valence-corrected chi connectivity index (χ0v) is 12.0. The zero-order chi connectivity index (χ0) is 13.4. The Morgan fingerprint density at radius 2 is 2.10 bits per heavy atom. The smallest absolute Gasteiger partial charge is 0.230 e. The second kappa shape index (κ2) is 5.32. The van der Waals surface area contributed by atoms with Crippen LogP contribution in [0.2, 0.25) is 0 Å². The Labute approximate surface area is 120 Å². The molecule has 4 rings (SSSR count). The maximum Gasteiger partial charge on any atom is 0.230 e. The summed E-state index contributed by atoms with van der Waals surface area (Å²) in [7, 11) is 0. The molecule has 0 aromatic carbocycles. The summed E-state index contributed by atoms with van der Waals surface area (Å²) < 4.78 is 5.52. The largest absolute Gasteiger partial charge is 0.339 e. The standard InChI is InChI=1S/C16H23N3O/c1-2-8-19(7-1)9-3-4-15-17-16(20-18-15)14-11-12-5-6-13(14)10-12/h5-6,12-14H,1-4,7-11H2/t12-,13+,14-/m1/s1. The number of rotatable bonds is 5. The Kier molecular flexibility index (Phi) is 3.34. The van der Waals surface area contributed by atoms with Crippen LogP contribution in [0.3, 0.4) is 0 Å². The van der Waals surface area contributed by atoms with Gasteiger partial charge in [-0.25, -0.2) is 0 Å². The number of allylic oxidation sites excluding steroid dienone is 2. The van der Waals surface area contributed by atoms with Gasteiger partial charge in [0.25, 0.3) is 0 Å². The first kappa shape index (κ1) is 12.6. The molecule has 3 atom stereocenters. The Morgan fingerprint density at radius 1 is 1.20 bits per heavy atom. The van der Waals surface area contributed by atoms with Crippen LogP contribution in [0.5, 0.6) is 0 Å². The van der Waals surface area contributed by atoms with Crippen LogP contribution in [-0.2, 0) is 6.42 Å². The molecule has 2 bridgehead atoms.